The van der Waals surface area contributed by atoms with Gasteiger partial charge in [-0.1, -0.05) is 29.5 Å². The number of hydrogen-bond acceptors (Lipinski definition) is 6. The third-order valence-corrected chi connectivity index (χ3v) is 4.81. The van der Waals surface area contributed by atoms with Crippen molar-refractivity contribution in [2.24, 2.45) is 0 Å². The molecule has 136 valence electrons. The summed E-state index contributed by atoms with van der Waals surface area (Å²) in [6.07, 6.45) is 0. The zero-order valence-corrected chi connectivity index (χ0v) is 15.3. The highest BCUT2D eigenvalue weighted by Gasteiger charge is 2.17. The summed E-state index contributed by atoms with van der Waals surface area (Å²) in [4.78, 5) is 26.1. The van der Waals surface area contributed by atoms with Crippen molar-refractivity contribution in [2.45, 2.75) is 11.9 Å². The Morgan fingerprint density at radius 2 is 1.85 bits per heavy atom. The number of carbonyl (C=O) groups excluding carboxylic acids is 2. The normalized spacial score (nSPS) is 14.1. The number of nitrogens with one attached hydrogen (secondary N) is 1. The number of carbonyl (C=O) groups is 2. The second kappa shape index (κ2) is 8.77. The van der Waals surface area contributed by atoms with Gasteiger partial charge in [0.1, 0.15) is 5.03 Å². The standard InChI is InChI=1S/C18H20N4O3S/c1-13-2-4-14(5-3-13)18(24)19-15-6-7-16(21-20-15)26-12-17(23)22-8-10-25-11-9-22/h2-7H,8-12H2,1H3,(H,19,20,24). The molecule has 0 spiro atoms. The summed E-state index contributed by atoms with van der Waals surface area (Å²) >= 11 is 1.33. The molecule has 0 atom stereocenters. The van der Waals surface area contributed by atoms with Crippen molar-refractivity contribution < 1.29 is 14.3 Å². The van der Waals surface area contributed by atoms with Crippen molar-refractivity contribution in [3.05, 3.63) is 47.5 Å². The van der Waals surface area contributed by atoms with Crippen LogP contribution in [0.1, 0.15) is 15.9 Å². The molecule has 0 unspecified atom stereocenters. The molecule has 0 saturated carbocycles. The lowest BCUT2D eigenvalue weighted by atomic mass is 10.1. The lowest BCUT2D eigenvalue weighted by Gasteiger charge is -2.26. The summed E-state index contributed by atoms with van der Waals surface area (Å²) in [5, 5.41) is 11.4. The van der Waals surface area contributed by atoms with Gasteiger partial charge >= 0.3 is 0 Å². The second-order valence-electron chi connectivity index (χ2n) is 5.86. The summed E-state index contributed by atoms with van der Waals surface area (Å²) in [7, 11) is 0. The number of rotatable bonds is 5. The highest BCUT2D eigenvalue weighted by Crippen LogP contribution is 2.17. The number of thioether (sulfide) groups is 1. The molecular weight excluding hydrogens is 352 g/mol. The first-order chi connectivity index (χ1) is 12.6. The molecule has 0 bridgehead atoms. The largest absolute Gasteiger partial charge is 0.378 e. The zero-order chi connectivity index (χ0) is 18.4. The first-order valence-electron chi connectivity index (χ1n) is 8.32. The van der Waals surface area contributed by atoms with E-state index in [1.807, 2.05) is 19.1 Å². The Balaban J connectivity index is 1.50. The minimum atomic E-state index is -0.234. The molecule has 1 aromatic carbocycles. The monoisotopic (exact) mass is 372 g/mol. The van der Waals surface area contributed by atoms with Crippen molar-refractivity contribution in [1.29, 1.82) is 0 Å². The number of hydrogen-bond donors (Lipinski definition) is 1. The van der Waals surface area contributed by atoms with E-state index in [4.69, 9.17) is 4.74 Å². The first-order valence-corrected chi connectivity index (χ1v) is 9.30. The Bertz CT molecular complexity index is 759. The first kappa shape index (κ1) is 18.3. The van der Waals surface area contributed by atoms with Gasteiger partial charge in [0.25, 0.3) is 5.91 Å². The van der Waals surface area contributed by atoms with E-state index in [0.717, 1.165) is 5.56 Å². The summed E-state index contributed by atoms with van der Waals surface area (Å²) in [5.74, 6) is 0.516. The molecule has 1 aliphatic heterocycles. The Hall–Kier alpha value is -2.45. The number of aromatic nitrogens is 2. The fourth-order valence-electron chi connectivity index (χ4n) is 2.40. The van der Waals surface area contributed by atoms with Crippen molar-refractivity contribution >= 4 is 29.4 Å². The maximum Gasteiger partial charge on any atom is 0.256 e. The van der Waals surface area contributed by atoms with Crippen LogP contribution in [0.25, 0.3) is 0 Å². The molecule has 3 rings (SSSR count). The number of ether oxygens (including phenoxy) is 1. The molecule has 1 aromatic heterocycles. The van der Waals surface area contributed by atoms with Gasteiger partial charge in [-0.3, -0.25) is 9.59 Å². The quantitative estimate of drug-likeness (QED) is 0.808. The third-order valence-electron chi connectivity index (χ3n) is 3.90. The van der Waals surface area contributed by atoms with Crippen LogP contribution in [0.5, 0.6) is 0 Å². The van der Waals surface area contributed by atoms with Gasteiger partial charge in [0.05, 0.1) is 19.0 Å². The van der Waals surface area contributed by atoms with Crippen LogP contribution < -0.4 is 5.32 Å². The predicted molar refractivity (Wildman–Crippen MR) is 99.3 cm³/mol. The highest BCUT2D eigenvalue weighted by atomic mass is 32.2. The molecule has 7 nitrogen and oxygen atoms in total. The molecular formula is C18H20N4O3S. The highest BCUT2D eigenvalue weighted by molar-refractivity contribution is 7.99. The Kier molecular flexibility index (Phi) is 6.19. The molecule has 1 fully saturated rings. The van der Waals surface area contributed by atoms with E-state index in [-0.39, 0.29) is 11.8 Å². The van der Waals surface area contributed by atoms with E-state index in [1.165, 1.54) is 11.8 Å². The van der Waals surface area contributed by atoms with Crippen LogP contribution in [0.3, 0.4) is 0 Å². The van der Waals surface area contributed by atoms with Crippen molar-refractivity contribution in [1.82, 2.24) is 15.1 Å². The summed E-state index contributed by atoms with van der Waals surface area (Å²) < 4.78 is 5.24. The van der Waals surface area contributed by atoms with Gasteiger partial charge in [-0.05, 0) is 31.2 Å². The van der Waals surface area contributed by atoms with E-state index >= 15 is 0 Å². The summed E-state index contributed by atoms with van der Waals surface area (Å²) in [5.41, 5.74) is 1.65. The van der Waals surface area contributed by atoms with Gasteiger partial charge in [0, 0.05) is 18.7 Å². The number of morpholine rings is 1. The van der Waals surface area contributed by atoms with Gasteiger partial charge < -0.3 is 15.0 Å². The molecule has 1 aliphatic rings. The predicted octanol–water partition coefficient (Wildman–Crippen LogP) is 1.99. The summed E-state index contributed by atoms with van der Waals surface area (Å²) in [6, 6.07) is 10.7. The van der Waals surface area contributed by atoms with Crippen molar-refractivity contribution in [3.63, 3.8) is 0 Å². The topological polar surface area (TPSA) is 84.4 Å². The number of amides is 2. The van der Waals surface area contributed by atoms with Gasteiger partial charge in [-0.15, -0.1) is 10.2 Å². The van der Waals surface area contributed by atoms with E-state index < -0.39 is 0 Å². The molecule has 2 aromatic rings. The van der Waals surface area contributed by atoms with Gasteiger partial charge in [0.2, 0.25) is 5.91 Å². The van der Waals surface area contributed by atoms with Crippen LogP contribution in [0, 0.1) is 6.92 Å². The average molecular weight is 372 g/mol. The number of anilines is 1. The lowest BCUT2D eigenvalue weighted by Crippen LogP contribution is -2.41. The number of benzene rings is 1. The van der Waals surface area contributed by atoms with Gasteiger partial charge in [-0.2, -0.15) is 0 Å². The maximum atomic E-state index is 12.2. The Morgan fingerprint density at radius 3 is 2.50 bits per heavy atom. The zero-order valence-electron chi connectivity index (χ0n) is 14.5. The Morgan fingerprint density at radius 1 is 1.12 bits per heavy atom. The van der Waals surface area contributed by atoms with Crippen LogP contribution in [0.15, 0.2) is 41.4 Å². The smallest absolute Gasteiger partial charge is 0.256 e. The van der Waals surface area contributed by atoms with E-state index in [0.29, 0.717) is 48.5 Å². The maximum absolute atomic E-state index is 12.2. The Labute approximate surface area is 156 Å². The van der Waals surface area contributed by atoms with Gasteiger partial charge in [-0.25, -0.2) is 0 Å². The molecule has 2 amide bonds. The SMILES string of the molecule is Cc1ccc(C(=O)Nc2ccc(SCC(=O)N3CCOCC3)nn2)cc1. The van der Waals surface area contributed by atoms with E-state index in [1.54, 1.807) is 29.2 Å². The molecule has 0 radical (unpaired) electrons. The van der Waals surface area contributed by atoms with Crippen molar-refractivity contribution in [2.75, 3.05) is 37.4 Å². The lowest BCUT2D eigenvalue weighted by molar-refractivity contribution is -0.132. The van der Waals surface area contributed by atoms with Crippen LogP contribution >= 0.6 is 11.8 Å². The average Bonchev–Trinajstić information content (AvgIpc) is 2.68. The molecule has 1 N–H and O–H groups in total. The van der Waals surface area contributed by atoms with Crippen LogP contribution in [0.4, 0.5) is 5.82 Å². The molecule has 1 saturated heterocycles. The van der Waals surface area contributed by atoms with Crippen molar-refractivity contribution in [3.8, 4) is 0 Å². The second-order valence-corrected chi connectivity index (χ2v) is 6.85. The number of aryl methyl sites for hydroxylation is 1. The third kappa shape index (κ3) is 5.03. The molecule has 8 heteroatoms. The number of nitrogens with zero attached hydrogens (tertiary/aromatic N) is 3. The van der Waals surface area contributed by atoms with E-state index in [9.17, 15) is 9.59 Å². The van der Waals surface area contributed by atoms with E-state index in [2.05, 4.69) is 15.5 Å². The molecule has 26 heavy (non-hydrogen) atoms. The molecule has 0 aliphatic carbocycles. The minimum absolute atomic E-state index is 0.0665. The fourth-order valence-corrected chi connectivity index (χ4v) is 3.11. The van der Waals surface area contributed by atoms with Crippen LogP contribution in [0.2, 0.25) is 0 Å². The fraction of sp³-hybridized carbons (Fsp3) is 0.333. The van der Waals surface area contributed by atoms with Gasteiger partial charge in [0.15, 0.2) is 5.82 Å². The molecule has 2 heterocycles. The summed E-state index contributed by atoms with van der Waals surface area (Å²) in [6.45, 7) is 4.41. The minimum Gasteiger partial charge on any atom is -0.378 e. The van der Waals surface area contributed by atoms with Crippen LogP contribution in [-0.4, -0.2) is 59.0 Å². The van der Waals surface area contributed by atoms with Crippen LogP contribution in [-0.2, 0) is 9.53 Å².